The van der Waals surface area contributed by atoms with Crippen LogP contribution in [0.1, 0.15) is 192 Å². The number of nitrogens with one attached hydrogen (secondary N) is 7. The zero-order valence-electron chi connectivity index (χ0n) is 68.5. The van der Waals surface area contributed by atoms with Crippen LogP contribution in [0.25, 0.3) is 45.0 Å². The van der Waals surface area contributed by atoms with Crippen LogP contribution in [0, 0.1) is 17.8 Å². The molecule has 30 heteroatoms. The average molecular weight is 1850 g/mol. The van der Waals surface area contributed by atoms with Gasteiger partial charge in [0.2, 0.25) is 11.8 Å². The minimum atomic E-state index is -1.06. The van der Waals surface area contributed by atoms with Crippen LogP contribution in [0.5, 0.6) is 0 Å². The molecular weight excluding hydrogens is 1750 g/mol. The summed E-state index contributed by atoms with van der Waals surface area (Å²) in [5, 5.41) is 16.2. The third-order valence-electron chi connectivity index (χ3n) is 22.3. The van der Waals surface area contributed by atoms with Crippen LogP contribution in [0.3, 0.4) is 0 Å². The number of ether oxygens (including phenoxy) is 7. The van der Waals surface area contributed by atoms with Gasteiger partial charge in [0.15, 0.2) is 0 Å². The monoisotopic (exact) mass is 1850 g/mol. The number of fused-ring (bicyclic) bond motifs is 4. The molecule has 7 aliphatic heterocycles. The van der Waals surface area contributed by atoms with Crippen molar-refractivity contribution in [3.63, 3.8) is 0 Å². The number of hydrogen-bond acceptors (Lipinski definition) is 14. The van der Waals surface area contributed by atoms with Crippen LogP contribution in [-0.2, 0) is 100 Å². The average Bonchev–Trinajstić information content (AvgIpc) is 1.60. The molecule has 4 aromatic carbocycles. The SMILES string of the molecule is Brc1ccc(-c2[nH]c(C3=NCCC3)c3c2COC3)cc1.Brc1ccc(-c2[nH]c(C3CCCC3)c3c2COC3)cc1.COC(=O)N[C@H](C(=O)N1CCC[C@@H]1c1[nH]c(-c2ccc(Br)cc2)c2c1COC2)C(C)C.COC(=O)N[C@H](C(=O)N1CCC[C@H]1c1[nH]c(-c2ccc(Br)cc2)c2c1COC2)C(C)C.COC(=O)N[C@H](C(=O)O)C(C)C.[B].[H-].[Na+]. The molecule has 16 rings (SSSR count). The van der Waals surface area contributed by atoms with Crippen molar-refractivity contribution >= 4 is 114 Å². The number of benzene rings is 4. The molecule has 8 aliphatic rings. The fourth-order valence-electron chi connectivity index (χ4n) is 16.4. The maximum Gasteiger partial charge on any atom is 1.00 e. The molecule has 0 bridgehead atoms. The van der Waals surface area contributed by atoms with E-state index in [0.717, 1.165) is 127 Å². The minimum Gasteiger partial charge on any atom is -1.00 e. The van der Waals surface area contributed by atoms with Crippen molar-refractivity contribution in [2.24, 2.45) is 22.7 Å². The summed E-state index contributed by atoms with van der Waals surface area (Å²) in [6, 6.07) is 31.1. The number of carbonyl (C=O) groups is 6. The summed E-state index contributed by atoms with van der Waals surface area (Å²) in [7, 11) is 3.80. The smallest absolute Gasteiger partial charge is 1.00 e. The zero-order valence-corrected chi connectivity index (χ0v) is 75.8. The molecule has 4 aromatic heterocycles. The van der Waals surface area contributed by atoms with Gasteiger partial charge in [-0.15, -0.1) is 0 Å². The molecule has 5 amide bonds. The molecule has 1 aliphatic carbocycles. The van der Waals surface area contributed by atoms with Crippen molar-refractivity contribution in [1.82, 2.24) is 45.7 Å². The van der Waals surface area contributed by atoms with Gasteiger partial charge in [-0.05, 0) is 146 Å². The Labute approximate surface area is 737 Å². The second-order valence-corrected chi connectivity index (χ2v) is 34.3. The predicted molar refractivity (Wildman–Crippen MR) is 456 cm³/mol. The molecule has 5 atom stereocenters. The van der Waals surface area contributed by atoms with E-state index >= 15 is 0 Å². The number of amides is 5. The van der Waals surface area contributed by atoms with Crippen LogP contribution < -0.4 is 45.5 Å². The van der Waals surface area contributed by atoms with Crippen LogP contribution in [0.15, 0.2) is 120 Å². The molecule has 0 spiro atoms. The number of H-pyrrole nitrogens is 4. The maximum absolute atomic E-state index is 13.4. The Morgan fingerprint density at radius 2 is 0.733 bits per heavy atom. The normalized spacial score (nSPS) is 17.6. The Morgan fingerprint density at radius 1 is 0.431 bits per heavy atom. The van der Waals surface area contributed by atoms with Gasteiger partial charge in [-0.1, -0.05) is 167 Å². The molecule has 8 aromatic rings. The van der Waals surface area contributed by atoms with Gasteiger partial charge in [0.25, 0.3) is 0 Å². The molecule has 24 nitrogen and oxygen atoms in total. The zero-order chi connectivity index (χ0) is 81.0. The van der Waals surface area contributed by atoms with Gasteiger partial charge < -0.3 is 85.4 Å². The van der Waals surface area contributed by atoms with Crippen molar-refractivity contribution in [1.29, 1.82) is 0 Å². The number of hydrogen-bond donors (Lipinski definition) is 8. The van der Waals surface area contributed by atoms with Gasteiger partial charge >= 0.3 is 53.8 Å². The molecule has 3 fully saturated rings. The summed E-state index contributed by atoms with van der Waals surface area (Å²) >= 11 is 14.0. The molecule has 11 heterocycles. The summed E-state index contributed by atoms with van der Waals surface area (Å²) in [6.45, 7) is 18.6. The van der Waals surface area contributed by atoms with E-state index in [1.54, 1.807) is 13.8 Å². The maximum atomic E-state index is 13.4. The Kier molecular flexibility index (Phi) is 33.0. The number of methoxy groups -OCH3 is 3. The Balaban J connectivity index is 0.000000171. The molecule has 3 radical (unpaired) electrons. The van der Waals surface area contributed by atoms with Crippen LogP contribution in [0.4, 0.5) is 14.4 Å². The summed E-state index contributed by atoms with van der Waals surface area (Å²) < 4.78 is 40.9. The van der Waals surface area contributed by atoms with E-state index in [4.69, 9.17) is 33.5 Å². The van der Waals surface area contributed by atoms with E-state index in [9.17, 15) is 28.8 Å². The summed E-state index contributed by atoms with van der Waals surface area (Å²) in [6.07, 6.45) is 9.32. The standard InChI is InChI=1S/2C23H28BrN3O4.C17H18BrNO.C16H15BrN2O.C7H13NO4.B.Na.H/c2*1-13(2)19(26-23(29)30-3)22(28)27-10-4-5-18(27)21-17-12-31-11-16(17)20(25-21)14-6-8-15(24)9-7-14;18-13-7-5-12(6-8-13)17-15-10-20-9-14(15)16(19-17)11-3-1-2-4-11;17-11-5-3-10(4-6-11)15-12-8-20-9-13(12)16(19-15)14-2-1-7-18-14;1-4(2)5(6(9)10)8-7(11)12-3;;;/h2*6-9,13,18-19,25H,4-5,10-12H2,1-3H3,(H,26,29);5-8,11,19H,1-4,9-10H2;3-6,19H,1-2,7-9H2;4-5H,1-3H3,(H,8,11)(H,9,10);;;/q;;;;;;+1;-1/t18-,19+;18-,19-;;;5-;;;/m10..0.../s1. The van der Waals surface area contributed by atoms with Gasteiger partial charge in [-0.25, -0.2) is 19.2 Å². The summed E-state index contributed by atoms with van der Waals surface area (Å²) in [5.41, 5.74) is 25.3. The number of rotatable bonds is 17. The second-order valence-electron chi connectivity index (χ2n) is 30.6. The number of carbonyl (C=O) groups excluding carboxylic acids is 5. The molecule has 613 valence electrons. The first kappa shape index (κ1) is 91.0. The fraction of sp³-hybridized carbons (Fsp3) is 0.453. The third kappa shape index (κ3) is 21.3. The molecule has 116 heavy (non-hydrogen) atoms. The number of aliphatic imine (C=N–C) groups is 1. The topological polar surface area (TPSA) is 305 Å². The van der Waals surface area contributed by atoms with Gasteiger partial charge in [0, 0.05) is 108 Å². The number of alkyl carbamates (subject to hydrolysis) is 3. The number of carboxylic acids is 1. The number of halogens is 4. The number of carboxylic acid groups (broad SMARTS) is 1. The van der Waals surface area contributed by atoms with E-state index in [1.807, 2.05) is 61.8 Å². The molecule has 2 saturated heterocycles. The quantitative estimate of drug-likeness (QED) is 0.0311. The van der Waals surface area contributed by atoms with E-state index in [1.165, 1.54) is 120 Å². The van der Waals surface area contributed by atoms with Crippen molar-refractivity contribution in [2.75, 3.05) is 41.0 Å². The number of likely N-dealkylation sites (tertiary alicyclic amines) is 2. The fourth-order valence-corrected chi connectivity index (χ4v) is 17.4. The first-order valence-corrected chi connectivity index (χ1v) is 42.3. The predicted octanol–water partition coefficient (Wildman–Crippen LogP) is 15.4. The molecule has 8 N–H and O–H groups in total. The van der Waals surface area contributed by atoms with Crippen LogP contribution >= 0.6 is 63.7 Å². The molecule has 1 saturated carbocycles. The molecular formula is C86H103BBr4N10NaO14. The van der Waals surface area contributed by atoms with Crippen molar-refractivity contribution in [3.05, 3.63) is 182 Å². The third-order valence-corrected chi connectivity index (χ3v) is 24.4. The Hall–Kier alpha value is -7.29. The minimum absolute atomic E-state index is 0. The Bertz CT molecular complexity index is 4600. The van der Waals surface area contributed by atoms with Crippen molar-refractivity contribution in [2.45, 2.75) is 195 Å². The number of nitrogens with zero attached hydrogens (tertiary/aromatic N) is 3. The van der Waals surface area contributed by atoms with Gasteiger partial charge in [0.05, 0.1) is 120 Å². The number of aromatic amines is 4. The van der Waals surface area contributed by atoms with Gasteiger partial charge in [-0.2, -0.15) is 0 Å². The summed E-state index contributed by atoms with van der Waals surface area (Å²) in [5.74, 6) is -0.759. The van der Waals surface area contributed by atoms with Gasteiger partial charge in [-0.3, -0.25) is 14.6 Å². The van der Waals surface area contributed by atoms with E-state index < -0.39 is 42.4 Å². The second kappa shape index (κ2) is 42.1. The van der Waals surface area contributed by atoms with Crippen molar-refractivity contribution in [3.8, 4) is 45.0 Å². The van der Waals surface area contributed by atoms with Gasteiger partial charge in [0.1, 0.15) is 18.1 Å². The first-order valence-electron chi connectivity index (χ1n) is 39.1. The van der Waals surface area contributed by atoms with E-state index in [-0.39, 0.29) is 81.0 Å². The summed E-state index contributed by atoms with van der Waals surface area (Å²) in [4.78, 5) is 94.7. The van der Waals surface area contributed by atoms with E-state index in [0.29, 0.717) is 52.7 Å². The largest absolute Gasteiger partial charge is 1.00 e. The number of aliphatic carboxylic acids is 1. The Morgan fingerprint density at radius 3 is 1.05 bits per heavy atom. The molecule has 0 unspecified atom stereocenters. The van der Waals surface area contributed by atoms with Crippen molar-refractivity contribution < 1.29 is 98.0 Å². The first-order chi connectivity index (χ1) is 54.9. The van der Waals surface area contributed by atoms with E-state index in [2.05, 4.69) is 182 Å². The van der Waals surface area contributed by atoms with Crippen LogP contribution in [0.2, 0.25) is 0 Å². The van der Waals surface area contributed by atoms with Crippen LogP contribution in [-0.4, -0.2) is 144 Å². The number of aromatic nitrogens is 4.